The molecule has 2 aliphatic heterocycles. The second-order valence-electron chi connectivity index (χ2n) is 6.02. The van der Waals surface area contributed by atoms with E-state index in [9.17, 15) is 4.79 Å². The van der Waals surface area contributed by atoms with Gasteiger partial charge in [-0.25, -0.2) is 0 Å². The Morgan fingerprint density at radius 1 is 1.40 bits per heavy atom. The summed E-state index contributed by atoms with van der Waals surface area (Å²) in [6.07, 6.45) is 2.05. The van der Waals surface area contributed by atoms with Crippen LogP contribution in [0.3, 0.4) is 0 Å². The number of fused-ring (bicyclic) bond motifs is 1. The maximum absolute atomic E-state index is 12.5. The van der Waals surface area contributed by atoms with Crippen LogP contribution in [-0.2, 0) is 0 Å². The van der Waals surface area contributed by atoms with Crippen LogP contribution in [0.1, 0.15) is 48.9 Å². The average molecular weight is 277 g/mol. The Balaban J connectivity index is 1.69. The first-order valence-corrected chi connectivity index (χ1v) is 7.69. The largest absolute Gasteiger partial charge is 0.351 e. The van der Waals surface area contributed by atoms with Crippen LogP contribution in [-0.4, -0.2) is 42.1 Å². The van der Waals surface area contributed by atoms with Crippen molar-refractivity contribution >= 4 is 5.91 Å². The van der Waals surface area contributed by atoms with Gasteiger partial charge in [0.2, 0.25) is 5.76 Å². The fourth-order valence-electron chi connectivity index (χ4n) is 3.47. The fraction of sp³-hybridized carbons (Fsp3) is 0.733. The number of likely N-dealkylation sites (tertiary alicyclic amines) is 1. The molecule has 0 bridgehead atoms. The van der Waals surface area contributed by atoms with Crippen molar-refractivity contribution in [3.8, 4) is 0 Å². The molecule has 5 heteroatoms. The highest BCUT2D eigenvalue weighted by Crippen LogP contribution is 2.28. The molecule has 0 unspecified atom stereocenters. The minimum Gasteiger partial charge on any atom is -0.351 e. The number of hydrogen-bond donors (Lipinski definition) is 1. The highest BCUT2D eigenvalue weighted by atomic mass is 16.5. The molecule has 20 heavy (non-hydrogen) atoms. The summed E-state index contributed by atoms with van der Waals surface area (Å²) in [4.78, 5) is 14.4. The van der Waals surface area contributed by atoms with E-state index in [1.807, 2.05) is 11.0 Å². The Bertz CT molecular complexity index is 469. The monoisotopic (exact) mass is 277 g/mol. The van der Waals surface area contributed by atoms with E-state index < -0.39 is 0 Å². The quantitative estimate of drug-likeness (QED) is 0.912. The number of nitrogens with zero attached hydrogens (tertiary/aromatic N) is 2. The van der Waals surface area contributed by atoms with Gasteiger partial charge in [-0.15, -0.1) is 0 Å². The number of carbonyl (C=O) groups excluding carboxylic acids is 1. The van der Waals surface area contributed by atoms with Crippen molar-refractivity contribution in [3.05, 3.63) is 17.5 Å². The molecule has 2 aliphatic rings. The van der Waals surface area contributed by atoms with Crippen molar-refractivity contribution in [1.29, 1.82) is 0 Å². The van der Waals surface area contributed by atoms with E-state index in [0.717, 1.165) is 44.7 Å². The molecule has 110 valence electrons. The maximum atomic E-state index is 12.5. The zero-order valence-corrected chi connectivity index (χ0v) is 12.3. The summed E-state index contributed by atoms with van der Waals surface area (Å²) >= 11 is 0. The molecular weight excluding hydrogens is 254 g/mol. The summed E-state index contributed by atoms with van der Waals surface area (Å²) < 4.78 is 5.29. The number of nitrogens with one attached hydrogen (secondary N) is 1. The lowest BCUT2D eigenvalue weighted by molar-refractivity contribution is 0.0740. The molecule has 1 aromatic rings. The van der Waals surface area contributed by atoms with Crippen molar-refractivity contribution in [1.82, 2.24) is 15.4 Å². The lowest BCUT2D eigenvalue weighted by Crippen LogP contribution is -2.31. The normalized spacial score (nSPS) is 25.4. The summed E-state index contributed by atoms with van der Waals surface area (Å²) in [5.74, 6) is 2.02. The van der Waals surface area contributed by atoms with Crippen LogP contribution in [0.2, 0.25) is 0 Å². The standard InChI is InChI=1S/C15H23N3O2/c1-3-10(4-2)13-5-14(20-17-13)15(19)18-8-11-6-16-7-12(11)9-18/h5,10-12,16H,3-4,6-9H2,1-2H3/t11-,12+. The molecule has 3 rings (SSSR count). The molecule has 0 aliphatic carbocycles. The van der Waals surface area contributed by atoms with Crippen LogP contribution in [0.4, 0.5) is 0 Å². The molecule has 0 radical (unpaired) electrons. The fourth-order valence-corrected chi connectivity index (χ4v) is 3.47. The third-order valence-corrected chi connectivity index (χ3v) is 4.82. The van der Waals surface area contributed by atoms with Gasteiger partial charge in [0.15, 0.2) is 0 Å². The van der Waals surface area contributed by atoms with Gasteiger partial charge in [-0.05, 0) is 24.7 Å². The van der Waals surface area contributed by atoms with E-state index in [0.29, 0.717) is 23.5 Å². The van der Waals surface area contributed by atoms with Crippen LogP contribution in [0.5, 0.6) is 0 Å². The highest BCUT2D eigenvalue weighted by Gasteiger charge is 2.39. The molecule has 0 saturated carbocycles. The van der Waals surface area contributed by atoms with Crippen molar-refractivity contribution in [2.75, 3.05) is 26.2 Å². The van der Waals surface area contributed by atoms with Gasteiger partial charge in [0.1, 0.15) is 0 Å². The van der Waals surface area contributed by atoms with Crippen molar-refractivity contribution < 1.29 is 9.32 Å². The molecule has 0 spiro atoms. The molecule has 1 aromatic heterocycles. The molecule has 2 saturated heterocycles. The number of carbonyl (C=O) groups is 1. The zero-order chi connectivity index (χ0) is 14.1. The van der Waals surface area contributed by atoms with E-state index in [1.54, 1.807) is 0 Å². The first-order valence-electron chi connectivity index (χ1n) is 7.69. The van der Waals surface area contributed by atoms with Crippen molar-refractivity contribution in [3.63, 3.8) is 0 Å². The third-order valence-electron chi connectivity index (χ3n) is 4.82. The van der Waals surface area contributed by atoms with Crippen molar-refractivity contribution in [2.24, 2.45) is 11.8 Å². The summed E-state index contributed by atoms with van der Waals surface area (Å²) in [5, 5.41) is 7.47. The van der Waals surface area contributed by atoms with Gasteiger partial charge in [0, 0.05) is 38.2 Å². The summed E-state index contributed by atoms with van der Waals surface area (Å²) in [6, 6.07) is 1.84. The van der Waals surface area contributed by atoms with E-state index in [1.165, 1.54) is 0 Å². The van der Waals surface area contributed by atoms with E-state index in [-0.39, 0.29) is 5.91 Å². The van der Waals surface area contributed by atoms with Gasteiger partial charge >= 0.3 is 0 Å². The van der Waals surface area contributed by atoms with E-state index >= 15 is 0 Å². The first kappa shape index (κ1) is 13.6. The Labute approximate surface area is 119 Å². The number of hydrogen-bond acceptors (Lipinski definition) is 4. The number of amides is 1. The first-order chi connectivity index (χ1) is 9.72. The van der Waals surface area contributed by atoms with E-state index in [2.05, 4.69) is 24.3 Å². The predicted octanol–water partition coefficient (Wildman–Crippen LogP) is 1.87. The SMILES string of the molecule is CCC(CC)c1cc(C(=O)N2C[C@H]3CNC[C@H]3C2)on1. The van der Waals surface area contributed by atoms with E-state index in [4.69, 9.17) is 4.52 Å². The molecule has 1 N–H and O–H groups in total. The molecular formula is C15H23N3O2. The van der Waals surface area contributed by atoms with Crippen LogP contribution >= 0.6 is 0 Å². The minimum absolute atomic E-state index is 0.00380. The molecule has 1 amide bonds. The predicted molar refractivity (Wildman–Crippen MR) is 75.6 cm³/mol. The Hall–Kier alpha value is -1.36. The van der Waals surface area contributed by atoms with Gasteiger partial charge in [0.25, 0.3) is 5.91 Å². The van der Waals surface area contributed by atoms with Crippen molar-refractivity contribution in [2.45, 2.75) is 32.6 Å². The lowest BCUT2D eigenvalue weighted by Gasteiger charge is -2.15. The molecule has 2 atom stereocenters. The molecule has 2 fully saturated rings. The number of aromatic nitrogens is 1. The molecule has 5 nitrogen and oxygen atoms in total. The summed E-state index contributed by atoms with van der Waals surface area (Å²) in [7, 11) is 0. The van der Waals surface area contributed by atoms with Crippen LogP contribution in [0.15, 0.2) is 10.6 Å². The Morgan fingerprint density at radius 3 is 2.65 bits per heavy atom. The van der Waals surface area contributed by atoms with Gasteiger partial charge in [-0.2, -0.15) is 0 Å². The van der Waals surface area contributed by atoms with Crippen LogP contribution < -0.4 is 5.32 Å². The lowest BCUT2D eigenvalue weighted by atomic mass is 9.99. The average Bonchev–Trinajstić information content (AvgIpc) is 3.14. The maximum Gasteiger partial charge on any atom is 0.292 e. The third kappa shape index (κ3) is 2.35. The van der Waals surface area contributed by atoms with Crippen LogP contribution in [0.25, 0.3) is 0 Å². The zero-order valence-electron chi connectivity index (χ0n) is 12.3. The van der Waals surface area contributed by atoms with Gasteiger partial charge in [-0.1, -0.05) is 19.0 Å². The second-order valence-corrected chi connectivity index (χ2v) is 6.02. The Kier molecular flexibility index (Phi) is 3.78. The van der Waals surface area contributed by atoms with Gasteiger partial charge in [0.05, 0.1) is 5.69 Å². The molecule has 0 aromatic carbocycles. The highest BCUT2D eigenvalue weighted by molar-refractivity contribution is 5.91. The van der Waals surface area contributed by atoms with Gasteiger partial charge in [-0.3, -0.25) is 4.79 Å². The summed E-state index contributed by atoms with van der Waals surface area (Å²) in [5.41, 5.74) is 0.916. The second kappa shape index (κ2) is 5.56. The topological polar surface area (TPSA) is 58.4 Å². The van der Waals surface area contributed by atoms with Crippen LogP contribution in [0, 0.1) is 11.8 Å². The summed E-state index contributed by atoms with van der Waals surface area (Å²) in [6.45, 7) is 8.03. The number of rotatable bonds is 4. The Morgan fingerprint density at radius 2 is 2.05 bits per heavy atom. The van der Waals surface area contributed by atoms with Gasteiger partial charge < -0.3 is 14.7 Å². The molecule has 3 heterocycles. The smallest absolute Gasteiger partial charge is 0.292 e. The minimum atomic E-state index is 0.00380.